The summed E-state index contributed by atoms with van der Waals surface area (Å²) in [6.45, 7) is 6.82. The topological polar surface area (TPSA) is 208 Å². The molecule has 12 heteroatoms. The first-order valence-corrected chi connectivity index (χ1v) is 11.7. The maximum atomic E-state index is 13.1. The Hall–Kier alpha value is -3.67. The minimum absolute atomic E-state index is 0.0756. The van der Waals surface area contributed by atoms with Gasteiger partial charge in [0.15, 0.2) is 0 Å². The second kappa shape index (κ2) is 14.0. The molecule has 0 saturated heterocycles. The first kappa shape index (κ1) is 30.4. The molecule has 0 heterocycles. The third-order valence-corrected chi connectivity index (χ3v) is 5.76. The van der Waals surface area contributed by atoms with Crippen LogP contribution in [0.5, 0.6) is 5.75 Å². The summed E-state index contributed by atoms with van der Waals surface area (Å²) in [6, 6.07) is 1.33. The van der Waals surface area contributed by atoms with Crippen molar-refractivity contribution in [1.29, 1.82) is 0 Å². The quantitative estimate of drug-likeness (QED) is 0.180. The number of nitrogens with one attached hydrogen (secondary N) is 3. The standard InChI is InChI=1S/C24H36N4O8/c1-5-13(4)20(28-21(32)16(25)10-14-6-8-15(29)9-7-14)23(34)27-19(12(2)3)22(33)26-17(24(35)36)11-18(30)31/h6-9,12-13,16-17,19-20,29H,5,10-11,25H2,1-4H3,(H,26,33)(H,27,34)(H,28,32)(H,30,31)(H,35,36). The van der Waals surface area contributed by atoms with Crippen LogP contribution in [-0.4, -0.2) is 69.1 Å². The highest BCUT2D eigenvalue weighted by Crippen LogP contribution is 2.13. The molecular formula is C24H36N4O8. The third-order valence-electron chi connectivity index (χ3n) is 5.76. The van der Waals surface area contributed by atoms with E-state index in [9.17, 15) is 34.2 Å². The van der Waals surface area contributed by atoms with E-state index < -0.39 is 66.2 Å². The van der Waals surface area contributed by atoms with E-state index in [0.29, 0.717) is 12.0 Å². The molecule has 36 heavy (non-hydrogen) atoms. The Morgan fingerprint density at radius 2 is 1.39 bits per heavy atom. The number of rotatable bonds is 14. The number of carboxylic acid groups (broad SMARTS) is 2. The van der Waals surface area contributed by atoms with E-state index in [0.717, 1.165) is 0 Å². The molecule has 5 unspecified atom stereocenters. The fourth-order valence-electron chi connectivity index (χ4n) is 3.36. The molecule has 0 saturated carbocycles. The van der Waals surface area contributed by atoms with Crippen LogP contribution in [-0.2, 0) is 30.4 Å². The summed E-state index contributed by atoms with van der Waals surface area (Å²) in [4.78, 5) is 60.9. The second-order valence-corrected chi connectivity index (χ2v) is 9.08. The van der Waals surface area contributed by atoms with Crippen LogP contribution in [0.3, 0.4) is 0 Å². The van der Waals surface area contributed by atoms with E-state index in [1.165, 1.54) is 12.1 Å². The summed E-state index contributed by atoms with van der Waals surface area (Å²) < 4.78 is 0. The number of hydrogen-bond acceptors (Lipinski definition) is 7. The molecule has 0 bridgehead atoms. The van der Waals surface area contributed by atoms with Crippen LogP contribution in [0.15, 0.2) is 24.3 Å². The maximum absolute atomic E-state index is 13.1. The maximum Gasteiger partial charge on any atom is 0.326 e. The number of carboxylic acids is 2. The van der Waals surface area contributed by atoms with Crippen molar-refractivity contribution in [3.8, 4) is 5.75 Å². The molecule has 1 aromatic carbocycles. The lowest BCUT2D eigenvalue weighted by Gasteiger charge is -2.29. The monoisotopic (exact) mass is 508 g/mol. The van der Waals surface area contributed by atoms with Crippen molar-refractivity contribution in [2.45, 2.75) is 71.1 Å². The Labute approximate surface area is 209 Å². The molecule has 0 spiro atoms. The Bertz CT molecular complexity index is 935. The molecular weight excluding hydrogens is 472 g/mol. The van der Waals surface area contributed by atoms with Crippen molar-refractivity contribution in [3.63, 3.8) is 0 Å². The molecule has 5 atom stereocenters. The number of phenols is 1. The van der Waals surface area contributed by atoms with Crippen molar-refractivity contribution >= 4 is 29.7 Å². The van der Waals surface area contributed by atoms with E-state index in [1.807, 2.05) is 6.92 Å². The predicted octanol–water partition coefficient (Wildman–Crippen LogP) is -0.0222. The zero-order valence-electron chi connectivity index (χ0n) is 20.9. The van der Waals surface area contributed by atoms with Gasteiger partial charge in [0.05, 0.1) is 12.5 Å². The van der Waals surface area contributed by atoms with E-state index >= 15 is 0 Å². The molecule has 0 radical (unpaired) electrons. The van der Waals surface area contributed by atoms with Crippen molar-refractivity contribution in [2.75, 3.05) is 0 Å². The Morgan fingerprint density at radius 3 is 1.86 bits per heavy atom. The Morgan fingerprint density at radius 1 is 0.861 bits per heavy atom. The second-order valence-electron chi connectivity index (χ2n) is 9.08. The van der Waals surface area contributed by atoms with Gasteiger partial charge in [0, 0.05) is 0 Å². The van der Waals surface area contributed by atoms with Gasteiger partial charge in [-0.3, -0.25) is 19.2 Å². The van der Waals surface area contributed by atoms with Crippen LogP contribution >= 0.6 is 0 Å². The molecule has 1 rings (SSSR count). The van der Waals surface area contributed by atoms with Crippen LogP contribution in [0.1, 0.15) is 46.1 Å². The van der Waals surface area contributed by atoms with Crippen LogP contribution in [0.4, 0.5) is 0 Å². The van der Waals surface area contributed by atoms with E-state index in [-0.39, 0.29) is 18.1 Å². The third kappa shape index (κ3) is 9.53. The van der Waals surface area contributed by atoms with E-state index in [2.05, 4.69) is 16.0 Å². The van der Waals surface area contributed by atoms with Gasteiger partial charge in [-0.1, -0.05) is 46.2 Å². The van der Waals surface area contributed by atoms with Gasteiger partial charge in [0.1, 0.15) is 23.9 Å². The molecule has 12 nitrogen and oxygen atoms in total. The van der Waals surface area contributed by atoms with Crippen LogP contribution in [0.2, 0.25) is 0 Å². The lowest BCUT2D eigenvalue weighted by atomic mass is 9.95. The summed E-state index contributed by atoms with van der Waals surface area (Å²) in [5.41, 5.74) is 6.74. The summed E-state index contributed by atoms with van der Waals surface area (Å²) in [5.74, 6) is -5.75. The van der Waals surface area contributed by atoms with Crippen LogP contribution in [0.25, 0.3) is 0 Å². The molecule has 0 aliphatic carbocycles. The van der Waals surface area contributed by atoms with Crippen LogP contribution in [0, 0.1) is 11.8 Å². The highest BCUT2D eigenvalue weighted by Gasteiger charge is 2.34. The first-order chi connectivity index (χ1) is 16.8. The number of carbonyl (C=O) groups excluding carboxylic acids is 3. The number of phenolic OH excluding ortho intramolecular Hbond substituents is 1. The summed E-state index contributed by atoms with van der Waals surface area (Å²) >= 11 is 0. The zero-order valence-corrected chi connectivity index (χ0v) is 20.9. The molecule has 8 N–H and O–H groups in total. The number of carbonyl (C=O) groups is 5. The lowest BCUT2D eigenvalue weighted by molar-refractivity contribution is -0.147. The Balaban J connectivity index is 2.96. The fraction of sp³-hybridized carbons (Fsp3) is 0.542. The van der Waals surface area contributed by atoms with Crippen molar-refractivity contribution in [3.05, 3.63) is 29.8 Å². The zero-order chi connectivity index (χ0) is 27.6. The van der Waals surface area contributed by atoms with Crippen molar-refractivity contribution in [2.24, 2.45) is 17.6 Å². The van der Waals surface area contributed by atoms with Gasteiger partial charge >= 0.3 is 11.9 Å². The molecule has 0 aromatic heterocycles. The summed E-state index contributed by atoms with van der Waals surface area (Å²) in [7, 11) is 0. The number of nitrogens with two attached hydrogens (primary N) is 1. The van der Waals surface area contributed by atoms with Gasteiger partial charge < -0.3 is 37.0 Å². The lowest BCUT2D eigenvalue weighted by Crippen LogP contribution is -2.60. The van der Waals surface area contributed by atoms with Crippen molar-refractivity contribution in [1.82, 2.24) is 16.0 Å². The SMILES string of the molecule is CCC(C)C(NC(=O)C(N)Cc1ccc(O)cc1)C(=O)NC(C(=O)NC(CC(=O)O)C(=O)O)C(C)C. The summed E-state index contributed by atoms with van der Waals surface area (Å²) in [6.07, 6.45) is -0.147. The number of aromatic hydroxyl groups is 1. The predicted molar refractivity (Wildman–Crippen MR) is 130 cm³/mol. The molecule has 3 amide bonds. The summed E-state index contributed by atoms with van der Waals surface area (Å²) in [5, 5.41) is 34.8. The average molecular weight is 509 g/mol. The smallest absolute Gasteiger partial charge is 0.326 e. The molecule has 0 aliphatic heterocycles. The van der Waals surface area contributed by atoms with Crippen molar-refractivity contribution < 1.29 is 39.3 Å². The van der Waals surface area contributed by atoms with Gasteiger partial charge in [-0.15, -0.1) is 0 Å². The fourth-order valence-corrected chi connectivity index (χ4v) is 3.36. The van der Waals surface area contributed by atoms with E-state index in [1.54, 1.807) is 32.9 Å². The molecule has 1 aromatic rings. The number of hydrogen-bond donors (Lipinski definition) is 7. The molecule has 0 aliphatic rings. The van der Waals surface area contributed by atoms with Gasteiger partial charge in [0.2, 0.25) is 17.7 Å². The molecule has 200 valence electrons. The first-order valence-electron chi connectivity index (χ1n) is 11.7. The van der Waals surface area contributed by atoms with Crippen LogP contribution < -0.4 is 21.7 Å². The largest absolute Gasteiger partial charge is 0.508 e. The van der Waals surface area contributed by atoms with Gasteiger partial charge in [-0.25, -0.2) is 4.79 Å². The van der Waals surface area contributed by atoms with Gasteiger partial charge in [0.25, 0.3) is 0 Å². The average Bonchev–Trinajstić information content (AvgIpc) is 2.80. The normalized spacial score (nSPS) is 15.2. The molecule has 0 fully saturated rings. The van der Waals surface area contributed by atoms with E-state index in [4.69, 9.17) is 10.8 Å². The minimum Gasteiger partial charge on any atom is -0.508 e. The highest BCUT2D eigenvalue weighted by atomic mass is 16.4. The number of aliphatic carboxylic acids is 2. The Kier molecular flexibility index (Phi) is 11.8. The van der Waals surface area contributed by atoms with Gasteiger partial charge in [-0.2, -0.15) is 0 Å². The number of benzene rings is 1. The van der Waals surface area contributed by atoms with Gasteiger partial charge in [-0.05, 0) is 36.0 Å². The highest BCUT2D eigenvalue weighted by molar-refractivity contribution is 5.95. The minimum atomic E-state index is -1.67. The number of amides is 3.